The molecule has 0 aliphatic rings. The molecule has 1 atom stereocenters. The number of aryl methyl sites for hydroxylation is 1. The number of hydrogen-bond donors (Lipinski definition) is 1. The summed E-state index contributed by atoms with van der Waals surface area (Å²) in [7, 11) is 0. The van der Waals surface area contributed by atoms with Crippen LogP contribution in [0.5, 0.6) is 0 Å². The van der Waals surface area contributed by atoms with Gasteiger partial charge in [0.1, 0.15) is 0 Å². The molecule has 5 heteroatoms. The van der Waals surface area contributed by atoms with E-state index in [1.807, 2.05) is 30.3 Å². The zero-order chi connectivity index (χ0) is 12.1. The van der Waals surface area contributed by atoms with Crippen molar-refractivity contribution >= 4 is 11.8 Å². The molecule has 17 heavy (non-hydrogen) atoms. The first-order valence-corrected chi connectivity index (χ1v) is 6.51. The molecule has 2 aromatic rings. The number of hydrogen-bond acceptors (Lipinski definition) is 5. The van der Waals surface area contributed by atoms with Gasteiger partial charge in [-0.1, -0.05) is 35.5 Å². The Bertz CT molecular complexity index is 459. The molecule has 1 aromatic heterocycles. The van der Waals surface area contributed by atoms with E-state index >= 15 is 0 Å². The molecule has 0 saturated heterocycles. The molecule has 0 fully saturated rings. The summed E-state index contributed by atoms with van der Waals surface area (Å²) < 4.78 is 4.99. The molecule has 0 aliphatic heterocycles. The van der Waals surface area contributed by atoms with Crippen molar-refractivity contribution < 1.29 is 9.63 Å². The topological polar surface area (TPSA) is 59.2 Å². The molecule has 0 bridgehead atoms. The predicted octanol–water partition coefficient (Wildman–Crippen LogP) is 2.34. The number of rotatable bonds is 5. The second kappa shape index (κ2) is 5.84. The average molecular weight is 250 g/mol. The lowest BCUT2D eigenvalue weighted by molar-refractivity contribution is 0.204. The third kappa shape index (κ3) is 3.57. The van der Waals surface area contributed by atoms with Crippen molar-refractivity contribution in [1.82, 2.24) is 10.1 Å². The fourth-order valence-corrected chi connectivity index (χ4v) is 2.25. The van der Waals surface area contributed by atoms with Gasteiger partial charge in [-0.05, 0) is 12.5 Å². The first kappa shape index (κ1) is 12.1. The smallest absolute Gasteiger partial charge is 0.236 e. The summed E-state index contributed by atoms with van der Waals surface area (Å²) in [5, 5.41) is 13.6. The fraction of sp³-hybridized carbons (Fsp3) is 0.333. The molecule has 0 radical (unpaired) electrons. The summed E-state index contributed by atoms with van der Waals surface area (Å²) in [5.41, 5.74) is 0.932. The second-order valence-corrected chi connectivity index (χ2v) is 4.71. The molecule has 0 amide bonds. The van der Waals surface area contributed by atoms with Crippen LogP contribution >= 0.6 is 11.8 Å². The number of aromatic nitrogens is 2. The zero-order valence-corrected chi connectivity index (χ0v) is 10.4. The normalized spacial score (nSPS) is 12.6. The molecule has 1 heterocycles. The Balaban J connectivity index is 1.79. The highest BCUT2D eigenvalue weighted by Crippen LogP contribution is 2.20. The SMILES string of the molecule is Cc1noc(CSCC(O)c2ccccc2)n1. The number of thioether (sulfide) groups is 1. The largest absolute Gasteiger partial charge is 0.388 e. The first-order chi connectivity index (χ1) is 8.25. The van der Waals surface area contributed by atoms with E-state index in [0.717, 1.165) is 5.56 Å². The summed E-state index contributed by atoms with van der Waals surface area (Å²) in [6.07, 6.45) is -0.454. The van der Waals surface area contributed by atoms with Gasteiger partial charge in [0, 0.05) is 5.75 Å². The maximum atomic E-state index is 9.92. The lowest BCUT2D eigenvalue weighted by Crippen LogP contribution is -2.00. The molecule has 4 nitrogen and oxygen atoms in total. The minimum absolute atomic E-state index is 0.454. The van der Waals surface area contributed by atoms with Crippen LogP contribution in [0.15, 0.2) is 34.9 Å². The minimum Gasteiger partial charge on any atom is -0.388 e. The fourth-order valence-electron chi connectivity index (χ4n) is 1.43. The van der Waals surface area contributed by atoms with E-state index in [2.05, 4.69) is 10.1 Å². The highest BCUT2D eigenvalue weighted by atomic mass is 32.2. The summed E-state index contributed by atoms with van der Waals surface area (Å²) in [5.74, 6) is 2.49. The molecule has 0 saturated carbocycles. The van der Waals surface area contributed by atoms with Crippen LogP contribution in [-0.4, -0.2) is 21.0 Å². The van der Waals surface area contributed by atoms with Gasteiger partial charge in [-0.15, -0.1) is 11.8 Å². The van der Waals surface area contributed by atoms with Crippen molar-refractivity contribution in [3.63, 3.8) is 0 Å². The van der Waals surface area contributed by atoms with E-state index in [1.165, 1.54) is 0 Å². The highest BCUT2D eigenvalue weighted by Gasteiger charge is 2.08. The van der Waals surface area contributed by atoms with E-state index in [-0.39, 0.29) is 0 Å². The molecule has 2 rings (SSSR count). The van der Waals surface area contributed by atoms with Crippen LogP contribution in [0.1, 0.15) is 23.4 Å². The first-order valence-electron chi connectivity index (χ1n) is 5.35. The van der Waals surface area contributed by atoms with Crippen LogP contribution < -0.4 is 0 Å². The van der Waals surface area contributed by atoms with E-state index in [9.17, 15) is 5.11 Å². The van der Waals surface area contributed by atoms with Gasteiger partial charge in [0.2, 0.25) is 5.89 Å². The van der Waals surface area contributed by atoms with Crippen LogP contribution in [0.3, 0.4) is 0 Å². The predicted molar refractivity (Wildman–Crippen MR) is 66.6 cm³/mol. The van der Waals surface area contributed by atoms with E-state index in [1.54, 1.807) is 18.7 Å². The Morgan fingerprint density at radius 1 is 1.35 bits per heavy atom. The summed E-state index contributed by atoms with van der Waals surface area (Å²) in [4.78, 5) is 4.10. The molecular weight excluding hydrogens is 236 g/mol. The van der Waals surface area contributed by atoms with Gasteiger partial charge in [-0.3, -0.25) is 0 Å². The lowest BCUT2D eigenvalue weighted by atomic mass is 10.1. The van der Waals surface area contributed by atoms with Crippen molar-refractivity contribution in [1.29, 1.82) is 0 Å². The van der Waals surface area contributed by atoms with Gasteiger partial charge in [0.25, 0.3) is 0 Å². The van der Waals surface area contributed by atoms with Crippen molar-refractivity contribution in [2.75, 3.05) is 5.75 Å². The molecule has 1 unspecified atom stereocenters. The van der Waals surface area contributed by atoms with Crippen molar-refractivity contribution in [3.8, 4) is 0 Å². The third-order valence-electron chi connectivity index (χ3n) is 2.26. The van der Waals surface area contributed by atoms with E-state index in [0.29, 0.717) is 23.2 Å². The monoisotopic (exact) mass is 250 g/mol. The third-order valence-corrected chi connectivity index (χ3v) is 3.26. The van der Waals surface area contributed by atoms with E-state index < -0.39 is 6.10 Å². The van der Waals surface area contributed by atoms with E-state index in [4.69, 9.17) is 4.52 Å². The van der Waals surface area contributed by atoms with Gasteiger partial charge in [0.15, 0.2) is 5.82 Å². The maximum Gasteiger partial charge on any atom is 0.236 e. The van der Waals surface area contributed by atoms with Gasteiger partial charge >= 0.3 is 0 Å². The second-order valence-electron chi connectivity index (χ2n) is 3.68. The average Bonchev–Trinajstić information content (AvgIpc) is 2.76. The molecule has 1 N–H and O–H groups in total. The highest BCUT2D eigenvalue weighted by molar-refractivity contribution is 7.98. The minimum atomic E-state index is -0.454. The van der Waals surface area contributed by atoms with Crippen molar-refractivity contribution in [2.45, 2.75) is 18.8 Å². The standard InChI is InChI=1S/C12H14N2O2S/c1-9-13-12(16-14-9)8-17-7-11(15)10-5-3-2-4-6-10/h2-6,11,15H,7-8H2,1H3. The Hall–Kier alpha value is -1.33. The molecule has 1 aromatic carbocycles. The maximum absolute atomic E-state index is 9.92. The van der Waals surface area contributed by atoms with Gasteiger partial charge in [-0.2, -0.15) is 4.98 Å². The Morgan fingerprint density at radius 3 is 2.76 bits per heavy atom. The summed E-state index contributed by atoms with van der Waals surface area (Å²) in [6, 6.07) is 9.61. The van der Waals surface area contributed by atoms with Crippen LogP contribution in [-0.2, 0) is 5.75 Å². The Morgan fingerprint density at radius 2 is 2.12 bits per heavy atom. The number of aliphatic hydroxyl groups is 1. The molecule has 0 aliphatic carbocycles. The molecular formula is C12H14N2O2S. The van der Waals surface area contributed by atoms with Crippen LogP contribution in [0.2, 0.25) is 0 Å². The molecule has 90 valence electrons. The Kier molecular flexibility index (Phi) is 4.17. The molecule has 0 spiro atoms. The van der Waals surface area contributed by atoms with Crippen LogP contribution in [0.4, 0.5) is 0 Å². The number of benzene rings is 1. The van der Waals surface area contributed by atoms with Gasteiger partial charge < -0.3 is 9.63 Å². The summed E-state index contributed by atoms with van der Waals surface area (Å²) >= 11 is 1.58. The van der Waals surface area contributed by atoms with Crippen LogP contribution in [0.25, 0.3) is 0 Å². The zero-order valence-electron chi connectivity index (χ0n) is 9.54. The number of nitrogens with zero attached hydrogens (tertiary/aromatic N) is 2. The van der Waals surface area contributed by atoms with Gasteiger partial charge in [0.05, 0.1) is 11.9 Å². The lowest BCUT2D eigenvalue weighted by Gasteiger charge is -2.09. The Labute approximate surface area is 104 Å². The van der Waals surface area contributed by atoms with Gasteiger partial charge in [-0.25, -0.2) is 0 Å². The van der Waals surface area contributed by atoms with Crippen LogP contribution in [0, 0.1) is 6.92 Å². The quantitative estimate of drug-likeness (QED) is 0.882. The van der Waals surface area contributed by atoms with Crippen molar-refractivity contribution in [3.05, 3.63) is 47.6 Å². The van der Waals surface area contributed by atoms with Crippen molar-refractivity contribution in [2.24, 2.45) is 0 Å². The number of aliphatic hydroxyl groups excluding tert-OH is 1. The summed E-state index contributed by atoms with van der Waals surface area (Å²) in [6.45, 7) is 1.79.